The first-order valence-electron chi connectivity index (χ1n) is 14.3. The lowest BCUT2D eigenvalue weighted by Gasteiger charge is -2.25. The first-order valence-corrected chi connectivity index (χ1v) is 14.3. The van der Waals surface area contributed by atoms with E-state index in [-0.39, 0.29) is 36.2 Å². The Labute approximate surface area is 247 Å². The van der Waals surface area contributed by atoms with Crippen molar-refractivity contribution in [3.05, 3.63) is 101 Å². The molecule has 220 valence electrons. The van der Waals surface area contributed by atoms with Gasteiger partial charge in [-0.05, 0) is 67.1 Å². The third-order valence-corrected chi connectivity index (χ3v) is 7.60. The lowest BCUT2D eigenvalue weighted by Crippen LogP contribution is -2.36. The van der Waals surface area contributed by atoms with Crippen LogP contribution < -0.4 is 5.32 Å². The van der Waals surface area contributed by atoms with E-state index >= 15 is 0 Å². The van der Waals surface area contributed by atoms with Crippen molar-refractivity contribution >= 4 is 29.4 Å². The Morgan fingerprint density at radius 1 is 1.02 bits per heavy atom. The molecule has 3 aromatic carbocycles. The number of rotatable bonds is 11. The predicted octanol–water partition coefficient (Wildman–Crippen LogP) is 5.92. The zero-order valence-electron chi connectivity index (χ0n) is 24.9. The molecule has 0 saturated carbocycles. The fourth-order valence-corrected chi connectivity index (χ4v) is 5.06. The van der Waals surface area contributed by atoms with Crippen molar-refractivity contribution < 1.29 is 23.9 Å². The molecule has 0 spiro atoms. The summed E-state index contributed by atoms with van der Waals surface area (Å²) in [4.78, 5) is 38.3. The van der Waals surface area contributed by atoms with E-state index in [1.165, 1.54) is 12.1 Å². The van der Waals surface area contributed by atoms with Gasteiger partial charge in [0.2, 0.25) is 11.8 Å². The fourth-order valence-electron chi connectivity index (χ4n) is 5.06. The van der Waals surface area contributed by atoms with E-state index in [4.69, 9.17) is 9.47 Å². The van der Waals surface area contributed by atoms with Crippen molar-refractivity contribution in [2.75, 3.05) is 19.0 Å². The maximum atomic E-state index is 13.6. The van der Waals surface area contributed by atoms with E-state index in [1.54, 1.807) is 0 Å². The lowest BCUT2D eigenvalue weighted by molar-refractivity contribution is -0.150. The molecule has 1 aliphatic rings. The molecule has 4 rings (SSSR count). The van der Waals surface area contributed by atoms with Crippen molar-refractivity contribution in [3.63, 3.8) is 0 Å². The van der Waals surface area contributed by atoms with Gasteiger partial charge in [-0.25, -0.2) is 5.01 Å². The number of hydrogen-bond donors (Lipinski definition) is 1. The second kappa shape index (κ2) is 13.5. The molecule has 8 heteroatoms. The number of anilines is 1. The number of amides is 2. The van der Waals surface area contributed by atoms with Gasteiger partial charge < -0.3 is 14.8 Å². The van der Waals surface area contributed by atoms with Gasteiger partial charge in [-0.1, -0.05) is 74.9 Å². The number of esters is 1. The third-order valence-electron chi connectivity index (χ3n) is 7.60. The highest BCUT2D eigenvalue weighted by molar-refractivity contribution is 5.98. The summed E-state index contributed by atoms with van der Waals surface area (Å²) in [5.41, 5.74) is 3.54. The van der Waals surface area contributed by atoms with Crippen LogP contribution in [-0.2, 0) is 36.8 Å². The monoisotopic (exact) mass is 569 g/mol. The molecule has 0 saturated heterocycles. The maximum absolute atomic E-state index is 13.6. The molecule has 0 fully saturated rings. The summed E-state index contributed by atoms with van der Waals surface area (Å²) >= 11 is 0. The average Bonchev–Trinajstić information content (AvgIpc) is 2.99. The molecule has 3 aromatic rings. The highest BCUT2D eigenvalue weighted by Gasteiger charge is 2.30. The molecule has 1 aliphatic heterocycles. The van der Waals surface area contributed by atoms with Crippen LogP contribution in [0.4, 0.5) is 5.69 Å². The maximum Gasteiger partial charge on any atom is 0.311 e. The van der Waals surface area contributed by atoms with E-state index in [1.807, 2.05) is 92.7 Å². The van der Waals surface area contributed by atoms with Gasteiger partial charge in [0.15, 0.2) is 6.61 Å². The third kappa shape index (κ3) is 7.43. The number of hydrogen-bond acceptors (Lipinski definition) is 6. The molecular weight excluding hydrogens is 530 g/mol. The molecule has 42 heavy (non-hydrogen) atoms. The summed E-state index contributed by atoms with van der Waals surface area (Å²) in [6.45, 7) is 8.06. The van der Waals surface area contributed by atoms with Crippen LogP contribution in [0.3, 0.4) is 0 Å². The van der Waals surface area contributed by atoms with Crippen molar-refractivity contribution in [2.24, 2.45) is 16.4 Å². The molecule has 0 aromatic heterocycles. The number of nitrogens with one attached hydrogen (secondary N) is 1. The summed E-state index contributed by atoms with van der Waals surface area (Å²) < 4.78 is 10.5. The van der Waals surface area contributed by atoms with Crippen molar-refractivity contribution in [1.29, 1.82) is 0 Å². The van der Waals surface area contributed by atoms with Gasteiger partial charge in [-0.15, -0.1) is 5.10 Å². The van der Waals surface area contributed by atoms with E-state index < -0.39 is 5.41 Å². The van der Waals surface area contributed by atoms with Crippen LogP contribution in [0.2, 0.25) is 0 Å². The second-order valence-corrected chi connectivity index (χ2v) is 11.4. The molecule has 0 bridgehead atoms. The normalized spacial score (nSPS) is 14.8. The van der Waals surface area contributed by atoms with Crippen molar-refractivity contribution in [3.8, 4) is 0 Å². The largest absolute Gasteiger partial charge is 0.469 e. The zero-order valence-corrected chi connectivity index (χ0v) is 24.9. The standard InChI is InChI=1S/C34H39N3O5/c1-6-23(2)30(31(39)35-28-14-10-11-25(19-28)20-34(3,4)33(40)41-5)26-17-15-24(16-18-26)21-37-29(38)22-42-32(36-37)27-12-8-7-9-13-27/h7-19,23,30H,6,20-22H2,1-5H3,(H,35,39). The number of nitrogens with zero attached hydrogens (tertiary/aromatic N) is 2. The van der Waals surface area contributed by atoms with E-state index in [0.29, 0.717) is 24.6 Å². The second-order valence-electron chi connectivity index (χ2n) is 11.4. The molecule has 0 radical (unpaired) electrons. The van der Waals surface area contributed by atoms with Gasteiger partial charge >= 0.3 is 5.97 Å². The van der Waals surface area contributed by atoms with Crippen molar-refractivity contribution in [1.82, 2.24) is 5.01 Å². The smallest absolute Gasteiger partial charge is 0.311 e. The number of benzene rings is 3. The minimum absolute atomic E-state index is 0.0660. The first kappa shape index (κ1) is 30.5. The molecule has 1 N–H and O–H groups in total. The molecule has 8 nitrogen and oxygen atoms in total. The Hall–Kier alpha value is -4.46. The van der Waals surface area contributed by atoms with Gasteiger partial charge in [0.05, 0.1) is 25.0 Å². The Bertz CT molecular complexity index is 1430. The lowest BCUT2D eigenvalue weighted by atomic mass is 9.84. The van der Waals surface area contributed by atoms with Gasteiger partial charge in [-0.2, -0.15) is 0 Å². The van der Waals surface area contributed by atoms with Gasteiger partial charge in [0, 0.05) is 11.3 Å². The van der Waals surface area contributed by atoms with Crippen LogP contribution in [0.15, 0.2) is 84.0 Å². The van der Waals surface area contributed by atoms with Crippen molar-refractivity contribution in [2.45, 2.75) is 53.0 Å². The average molecular weight is 570 g/mol. The zero-order chi connectivity index (χ0) is 30.3. The fraction of sp³-hybridized carbons (Fsp3) is 0.353. The summed E-state index contributed by atoms with van der Waals surface area (Å²) in [5.74, 6) is -0.449. The van der Waals surface area contributed by atoms with E-state index in [9.17, 15) is 14.4 Å². The SMILES string of the molecule is CCC(C)C(C(=O)Nc1cccc(CC(C)(C)C(=O)OC)c1)c1ccc(CN2N=C(c3ccccc3)OCC2=O)cc1. The molecule has 0 aliphatic carbocycles. The minimum atomic E-state index is -0.682. The highest BCUT2D eigenvalue weighted by atomic mass is 16.5. The van der Waals surface area contributed by atoms with Gasteiger partial charge in [0.25, 0.3) is 5.91 Å². The molecule has 2 atom stereocenters. The van der Waals surface area contributed by atoms with Crippen LogP contribution in [0, 0.1) is 11.3 Å². The first-order chi connectivity index (χ1) is 20.1. The number of ether oxygens (including phenoxy) is 2. The summed E-state index contributed by atoms with van der Waals surface area (Å²) in [7, 11) is 1.39. The Morgan fingerprint density at radius 2 is 1.74 bits per heavy atom. The van der Waals surface area contributed by atoms with E-state index in [0.717, 1.165) is 28.7 Å². The van der Waals surface area contributed by atoms with Gasteiger partial charge in [-0.3, -0.25) is 14.4 Å². The van der Waals surface area contributed by atoms with Crippen LogP contribution in [-0.4, -0.2) is 42.4 Å². The summed E-state index contributed by atoms with van der Waals surface area (Å²) in [6.07, 6.45) is 1.31. The van der Waals surface area contributed by atoms with E-state index in [2.05, 4.69) is 24.3 Å². The molecule has 1 heterocycles. The highest BCUT2D eigenvalue weighted by Crippen LogP contribution is 2.30. The number of carbonyl (C=O) groups is 3. The van der Waals surface area contributed by atoms with Crippen LogP contribution in [0.25, 0.3) is 0 Å². The topological polar surface area (TPSA) is 97.3 Å². The summed E-state index contributed by atoms with van der Waals surface area (Å²) in [5, 5.41) is 8.95. The minimum Gasteiger partial charge on any atom is -0.469 e. The quantitative estimate of drug-likeness (QED) is 0.289. The Morgan fingerprint density at radius 3 is 2.40 bits per heavy atom. The van der Waals surface area contributed by atoms with Crippen LogP contribution >= 0.6 is 0 Å². The van der Waals surface area contributed by atoms with Gasteiger partial charge in [0.1, 0.15) is 0 Å². The Kier molecular flexibility index (Phi) is 9.78. The molecule has 2 amide bonds. The van der Waals surface area contributed by atoms with Crippen LogP contribution in [0.1, 0.15) is 62.3 Å². The molecular formula is C34H39N3O5. The Balaban J connectivity index is 1.48. The molecule has 2 unspecified atom stereocenters. The summed E-state index contributed by atoms with van der Waals surface area (Å²) in [6, 6.07) is 24.8. The number of methoxy groups -OCH3 is 1. The van der Waals surface area contributed by atoms with Crippen LogP contribution in [0.5, 0.6) is 0 Å². The number of hydrazone groups is 1. The number of carbonyl (C=O) groups excluding carboxylic acids is 3. The predicted molar refractivity (Wildman–Crippen MR) is 163 cm³/mol.